The number of benzene rings is 7. The molecule has 0 N–H and O–H groups in total. The SMILES string of the molecule is [C-]#[N+]c1ccc2c(c1)c1ccc3c4ccccc4oc3c1n2-c1cccc(-c2cccc(-n3c4ccccc4c4cc(C#N)ccc43)c2)c1. The Bertz CT molecular complexity index is 3090. The summed E-state index contributed by atoms with van der Waals surface area (Å²) in [5, 5.41) is 16.0. The van der Waals surface area contributed by atoms with Gasteiger partial charge in [0.25, 0.3) is 0 Å². The molecule has 10 rings (SSSR count). The summed E-state index contributed by atoms with van der Waals surface area (Å²) in [6, 6.07) is 52.2. The fraction of sp³-hybridized carbons (Fsp3) is 0. The summed E-state index contributed by atoms with van der Waals surface area (Å²) in [5.41, 5.74) is 11.3. The first-order valence-electron chi connectivity index (χ1n) is 16.1. The topological polar surface area (TPSA) is 51.1 Å². The Hall–Kier alpha value is -7.08. The molecule has 0 spiro atoms. The highest BCUT2D eigenvalue weighted by Gasteiger charge is 2.20. The van der Waals surface area contributed by atoms with Gasteiger partial charge < -0.3 is 13.6 Å². The van der Waals surface area contributed by atoms with Crippen LogP contribution in [0.5, 0.6) is 0 Å². The predicted octanol–water partition coefficient (Wildman–Crippen LogP) is 11.9. The molecular formula is C44H24N4O. The zero-order valence-electron chi connectivity index (χ0n) is 26.1. The molecule has 3 heterocycles. The van der Waals surface area contributed by atoms with E-state index in [1.807, 2.05) is 60.7 Å². The summed E-state index contributed by atoms with van der Waals surface area (Å²) in [7, 11) is 0. The molecule has 5 heteroatoms. The van der Waals surface area contributed by atoms with Crippen molar-refractivity contribution in [3.8, 4) is 28.6 Å². The minimum absolute atomic E-state index is 0.607. The van der Waals surface area contributed by atoms with E-state index in [9.17, 15) is 5.26 Å². The molecule has 0 radical (unpaired) electrons. The second kappa shape index (κ2) is 10.2. The monoisotopic (exact) mass is 624 g/mol. The van der Waals surface area contributed by atoms with Crippen LogP contribution in [0.1, 0.15) is 5.56 Å². The van der Waals surface area contributed by atoms with Crippen molar-refractivity contribution < 1.29 is 4.42 Å². The van der Waals surface area contributed by atoms with Crippen LogP contribution in [-0.2, 0) is 0 Å². The number of aromatic nitrogens is 2. The molecule has 0 aliphatic rings. The molecular weight excluding hydrogens is 601 g/mol. The first kappa shape index (κ1) is 27.1. The van der Waals surface area contributed by atoms with Crippen LogP contribution in [0.15, 0.2) is 150 Å². The minimum Gasteiger partial charge on any atom is -0.454 e. The highest BCUT2D eigenvalue weighted by atomic mass is 16.3. The van der Waals surface area contributed by atoms with Crippen molar-refractivity contribution >= 4 is 71.2 Å². The first-order chi connectivity index (χ1) is 24.2. The molecule has 226 valence electrons. The van der Waals surface area contributed by atoms with Gasteiger partial charge >= 0.3 is 0 Å². The van der Waals surface area contributed by atoms with Gasteiger partial charge in [-0.05, 0) is 89.3 Å². The van der Waals surface area contributed by atoms with Gasteiger partial charge in [0.1, 0.15) is 5.58 Å². The Kier molecular flexibility index (Phi) is 5.64. The van der Waals surface area contributed by atoms with Gasteiger partial charge in [0.05, 0.1) is 40.3 Å². The maximum Gasteiger partial charge on any atom is 0.188 e. The van der Waals surface area contributed by atoms with Crippen LogP contribution in [0.25, 0.3) is 92.9 Å². The molecule has 0 fully saturated rings. The van der Waals surface area contributed by atoms with Crippen LogP contribution >= 0.6 is 0 Å². The summed E-state index contributed by atoms with van der Waals surface area (Å²) in [5.74, 6) is 0. The lowest BCUT2D eigenvalue weighted by atomic mass is 10.0. The van der Waals surface area contributed by atoms with E-state index < -0.39 is 0 Å². The summed E-state index contributed by atoms with van der Waals surface area (Å²) in [6.45, 7) is 7.69. The predicted molar refractivity (Wildman–Crippen MR) is 199 cm³/mol. The molecule has 0 atom stereocenters. The second-order valence-electron chi connectivity index (χ2n) is 12.4. The van der Waals surface area contributed by atoms with Crippen molar-refractivity contribution in [2.75, 3.05) is 0 Å². The number of nitriles is 1. The van der Waals surface area contributed by atoms with Gasteiger partial charge in [-0.15, -0.1) is 0 Å². The van der Waals surface area contributed by atoms with Crippen LogP contribution < -0.4 is 0 Å². The van der Waals surface area contributed by atoms with Crippen molar-refractivity contribution in [1.29, 1.82) is 5.26 Å². The number of furan rings is 1. The van der Waals surface area contributed by atoms with Crippen molar-refractivity contribution in [1.82, 2.24) is 9.13 Å². The van der Waals surface area contributed by atoms with Crippen molar-refractivity contribution in [3.63, 3.8) is 0 Å². The molecule has 49 heavy (non-hydrogen) atoms. The highest BCUT2D eigenvalue weighted by Crippen LogP contribution is 2.42. The number of para-hydroxylation sites is 2. The van der Waals surface area contributed by atoms with E-state index in [1.54, 1.807) is 0 Å². The maximum atomic E-state index is 9.60. The molecule has 0 aliphatic heterocycles. The van der Waals surface area contributed by atoms with Crippen molar-refractivity contribution in [2.45, 2.75) is 0 Å². The largest absolute Gasteiger partial charge is 0.454 e. The van der Waals surface area contributed by atoms with Crippen LogP contribution in [0.2, 0.25) is 0 Å². The molecule has 0 saturated heterocycles. The van der Waals surface area contributed by atoms with Gasteiger partial charge in [-0.3, -0.25) is 0 Å². The van der Waals surface area contributed by atoms with Crippen molar-refractivity contribution in [3.05, 3.63) is 163 Å². The lowest BCUT2D eigenvalue weighted by molar-refractivity contribution is 0.671. The molecule has 3 aromatic heterocycles. The van der Waals surface area contributed by atoms with Crippen LogP contribution in [-0.4, -0.2) is 9.13 Å². The van der Waals surface area contributed by atoms with E-state index >= 15 is 0 Å². The minimum atomic E-state index is 0.607. The fourth-order valence-electron chi connectivity index (χ4n) is 7.58. The zero-order valence-corrected chi connectivity index (χ0v) is 26.1. The van der Waals surface area contributed by atoms with Crippen LogP contribution in [0.3, 0.4) is 0 Å². The standard InChI is InChI=1S/C44H24N4O/c1-46-30-17-21-41-38(25-30)35-18-19-36-34-13-3-5-15-42(34)49-44(36)43(35)48(41)32-11-7-9-29(24-32)28-8-6-10-31(23-28)47-39-14-4-2-12-33(39)37-22-27(26-45)16-20-40(37)47/h2-25H. The van der Waals surface area contributed by atoms with Crippen LogP contribution in [0.4, 0.5) is 5.69 Å². The summed E-state index contributed by atoms with van der Waals surface area (Å²) < 4.78 is 11.1. The Balaban J connectivity index is 1.20. The third-order valence-corrected chi connectivity index (χ3v) is 9.73. The van der Waals surface area contributed by atoms with Gasteiger partial charge in [-0.2, -0.15) is 5.26 Å². The van der Waals surface area contributed by atoms with Gasteiger partial charge in [-0.25, -0.2) is 4.85 Å². The smallest absolute Gasteiger partial charge is 0.188 e. The van der Waals surface area contributed by atoms with E-state index in [0.29, 0.717) is 11.3 Å². The Morgan fingerprint density at radius 2 is 1.18 bits per heavy atom. The lowest BCUT2D eigenvalue weighted by Crippen LogP contribution is -1.96. The molecule has 0 saturated carbocycles. The summed E-state index contributed by atoms with van der Waals surface area (Å²) in [4.78, 5) is 3.74. The van der Waals surface area contributed by atoms with E-state index in [0.717, 1.165) is 88.1 Å². The maximum absolute atomic E-state index is 9.60. The fourth-order valence-corrected chi connectivity index (χ4v) is 7.58. The Morgan fingerprint density at radius 1 is 0.531 bits per heavy atom. The first-order valence-corrected chi connectivity index (χ1v) is 16.1. The van der Waals surface area contributed by atoms with Gasteiger partial charge in [0, 0.05) is 38.3 Å². The normalized spacial score (nSPS) is 11.6. The number of fused-ring (bicyclic) bond motifs is 10. The third-order valence-electron chi connectivity index (χ3n) is 9.73. The Morgan fingerprint density at radius 3 is 1.98 bits per heavy atom. The van der Waals surface area contributed by atoms with E-state index in [4.69, 9.17) is 11.0 Å². The highest BCUT2D eigenvalue weighted by molar-refractivity contribution is 6.22. The Labute approximate surface area is 280 Å². The van der Waals surface area contributed by atoms with Crippen LogP contribution in [0, 0.1) is 17.9 Å². The van der Waals surface area contributed by atoms with E-state index in [1.165, 1.54) is 0 Å². The quantitative estimate of drug-likeness (QED) is 0.184. The summed E-state index contributed by atoms with van der Waals surface area (Å²) in [6.07, 6.45) is 0. The number of rotatable bonds is 3. The lowest BCUT2D eigenvalue weighted by Gasteiger charge is -2.13. The summed E-state index contributed by atoms with van der Waals surface area (Å²) >= 11 is 0. The van der Waals surface area contributed by atoms with E-state index in [-0.39, 0.29) is 0 Å². The molecule has 5 nitrogen and oxygen atoms in total. The molecule has 10 aromatic rings. The molecule has 0 unspecified atom stereocenters. The number of hydrogen-bond acceptors (Lipinski definition) is 2. The van der Waals surface area contributed by atoms with Gasteiger partial charge in [0.2, 0.25) is 0 Å². The second-order valence-corrected chi connectivity index (χ2v) is 12.4. The van der Waals surface area contributed by atoms with Crippen molar-refractivity contribution in [2.24, 2.45) is 0 Å². The molecule has 0 aliphatic carbocycles. The number of nitrogens with zero attached hydrogens (tertiary/aromatic N) is 4. The van der Waals surface area contributed by atoms with Gasteiger partial charge in [0.15, 0.2) is 11.3 Å². The average Bonchev–Trinajstić information content (AvgIpc) is 3.82. The number of hydrogen-bond donors (Lipinski definition) is 0. The third kappa shape index (κ3) is 3.91. The zero-order chi connectivity index (χ0) is 32.6. The molecule has 7 aromatic carbocycles. The average molecular weight is 625 g/mol. The molecule has 0 amide bonds. The molecule has 0 bridgehead atoms. The van der Waals surface area contributed by atoms with Gasteiger partial charge in [-0.1, -0.05) is 72.8 Å². The van der Waals surface area contributed by atoms with E-state index in [2.05, 4.69) is 105 Å².